The molecule has 0 radical (unpaired) electrons. The van der Waals surface area contributed by atoms with Crippen molar-refractivity contribution in [2.45, 2.75) is 147 Å². The second-order valence-corrected chi connectivity index (χ2v) is 16.1. The lowest BCUT2D eigenvalue weighted by atomic mass is 9.70. The summed E-state index contributed by atoms with van der Waals surface area (Å²) in [5, 5.41) is 0. The molecule has 0 aromatic rings. The van der Waals surface area contributed by atoms with Gasteiger partial charge in [0.2, 0.25) is 12.1 Å². The van der Waals surface area contributed by atoms with Crippen molar-refractivity contribution in [1.82, 2.24) is 4.90 Å². The first-order chi connectivity index (χ1) is 24.4. The number of hydrogen-bond acceptors (Lipinski definition) is 11. The fraction of sp³-hybridized carbons (Fsp3) is 0.825. The molecule has 4 fully saturated rings. The summed E-state index contributed by atoms with van der Waals surface area (Å²) >= 11 is 0. The normalized spacial score (nSPS) is 45.0. The Morgan fingerprint density at radius 1 is 0.882 bits per heavy atom. The zero-order chi connectivity index (χ0) is 36.6. The van der Waals surface area contributed by atoms with Crippen molar-refractivity contribution < 1.29 is 47.5 Å². The van der Waals surface area contributed by atoms with E-state index in [9.17, 15) is 14.4 Å². The number of methoxy groups -OCH3 is 2. The topological polar surface area (TPSA) is 119 Å². The Bertz CT molecular complexity index is 1320. The molecule has 1 saturated carbocycles. The molecule has 16 atom stereocenters. The van der Waals surface area contributed by atoms with Crippen molar-refractivity contribution in [2.24, 2.45) is 35.5 Å². The molecule has 286 valence electrons. The Morgan fingerprint density at radius 3 is 2.35 bits per heavy atom. The second kappa shape index (κ2) is 16.6. The van der Waals surface area contributed by atoms with Gasteiger partial charge in [0.1, 0.15) is 18.3 Å². The van der Waals surface area contributed by atoms with E-state index in [1.54, 1.807) is 7.11 Å². The molecule has 0 N–H and O–H groups in total. The van der Waals surface area contributed by atoms with Crippen LogP contribution in [0.5, 0.6) is 0 Å². The first-order valence-corrected chi connectivity index (χ1v) is 19.4. The van der Waals surface area contributed by atoms with Gasteiger partial charge in [0, 0.05) is 32.1 Å². The van der Waals surface area contributed by atoms with E-state index in [4.69, 9.17) is 33.2 Å². The Balaban J connectivity index is 1.20. The second-order valence-electron chi connectivity index (χ2n) is 16.1. The Labute approximate surface area is 304 Å². The number of ether oxygens (including phenoxy) is 7. The number of ketones is 2. The maximum atomic E-state index is 14.6. The molecule has 11 nitrogen and oxygen atoms in total. The van der Waals surface area contributed by atoms with Crippen molar-refractivity contribution in [3.05, 3.63) is 23.8 Å². The van der Waals surface area contributed by atoms with Crippen LogP contribution >= 0.6 is 0 Å². The maximum absolute atomic E-state index is 14.6. The minimum Gasteiger partial charge on any atom is -0.462 e. The summed E-state index contributed by atoms with van der Waals surface area (Å²) in [5.41, 5.74) is 0.727. The lowest BCUT2D eigenvalue weighted by Gasteiger charge is -2.40. The summed E-state index contributed by atoms with van der Waals surface area (Å²) in [6.07, 6.45) is 9.34. The largest absolute Gasteiger partial charge is 0.462 e. The van der Waals surface area contributed by atoms with Crippen molar-refractivity contribution in [1.29, 1.82) is 0 Å². The number of carbonyl (C=O) groups excluding carboxylic acids is 3. The summed E-state index contributed by atoms with van der Waals surface area (Å²) in [4.78, 5) is 43.5. The minimum atomic E-state index is -1.02. The highest BCUT2D eigenvalue weighted by Crippen LogP contribution is 2.54. The third-order valence-electron chi connectivity index (χ3n) is 12.8. The molecule has 11 heteroatoms. The zero-order valence-corrected chi connectivity index (χ0v) is 31.9. The predicted octanol–water partition coefficient (Wildman–Crippen LogP) is 5.04. The van der Waals surface area contributed by atoms with Gasteiger partial charge in [0.25, 0.3) is 0 Å². The Hall–Kier alpha value is -1.99. The van der Waals surface area contributed by atoms with E-state index in [0.29, 0.717) is 12.5 Å². The number of nitrogens with zero attached hydrogens (tertiary/aromatic N) is 1. The molecule has 0 bridgehead atoms. The van der Waals surface area contributed by atoms with Crippen LogP contribution in [0.25, 0.3) is 0 Å². The molecule has 3 saturated heterocycles. The molecule has 0 unspecified atom stereocenters. The average molecular weight is 716 g/mol. The van der Waals surface area contributed by atoms with Gasteiger partial charge in [-0.3, -0.25) is 14.4 Å². The summed E-state index contributed by atoms with van der Waals surface area (Å²) < 4.78 is 42.5. The van der Waals surface area contributed by atoms with Crippen LogP contribution in [0, 0.1) is 35.5 Å². The lowest BCUT2D eigenvalue weighted by Crippen LogP contribution is -2.56. The van der Waals surface area contributed by atoms with Crippen LogP contribution in [0.1, 0.15) is 85.5 Å². The van der Waals surface area contributed by atoms with Crippen molar-refractivity contribution in [3.8, 4) is 0 Å². The number of likely N-dealkylation sites (N-methyl/N-ethyl adjacent to an activating group) is 1. The van der Waals surface area contributed by atoms with Gasteiger partial charge in [-0.25, -0.2) is 0 Å². The van der Waals surface area contributed by atoms with E-state index in [-0.39, 0.29) is 96.3 Å². The molecular formula is C40H61NO10. The average Bonchev–Trinajstić information content (AvgIpc) is 3.68. The molecule has 6 aliphatic rings. The number of allylic oxidation sites excluding steroid dienone is 4. The highest BCUT2D eigenvalue weighted by atomic mass is 16.7. The number of cyclic esters (lactones) is 1. The number of esters is 1. The third-order valence-corrected chi connectivity index (χ3v) is 12.8. The molecule has 0 spiro atoms. The lowest BCUT2D eigenvalue weighted by molar-refractivity contribution is -0.247. The number of fused-ring (bicyclic) bond motifs is 5. The zero-order valence-electron chi connectivity index (χ0n) is 31.9. The van der Waals surface area contributed by atoms with E-state index in [2.05, 4.69) is 51.1 Å². The van der Waals surface area contributed by atoms with Gasteiger partial charge in [0.05, 0.1) is 30.8 Å². The van der Waals surface area contributed by atoms with Crippen LogP contribution in [-0.2, 0) is 47.5 Å². The summed E-state index contributed by atoms with van der Waals surface area (Å²) in [6, 6.07) is 0.329. The highest BCUT2D eigenvalue weighted by molar-refractivity contribution is 5.99. The first kappa shape index (κ1) is 38.7. The molecular weight excluding hydrogens is 654 g/mol. The molecule has 6 rings (SSSR count). The minimum absolute atomic E-state index is 0.00416. The molecule has 3 aliphatic carbocycles. The number of hydrogen-bond donors (Lipinski definition) is 0. The number of Topliss-reactive ketones (excluding diaryl/α,β-unsaturated/α-hetero) is 2. The first-order valence-electron chi connectivity index (χ1n) is 19.4. The maximum Gasteiger partial charge on any atom is 0.306 e. The fourth-order valence-electron chi connectivity index (χ4n) is 10.0. The van der Waals surface area contributed by atoms with Gasteiger partial charge in [0.15, 0.2) is 12.1 Å². The van der Waals surface area contributed by atoms with Gasteiger partial charge in [-0.1, -0.05) is 32.1 Å². The molecule has 0 amide bonds. The van der Waals surface area contributed by atoms with Crippen molar-refractivity contribution in [2.75, 3.05) is 28.3 Å². The quantitative estimate of drug-likeness (QED) is 0.249. The molecule has 0 aromatic heterocycles. The third kappa shape index (κ3) is 8.10. The molecule has 3 heterocycles. The molecule has 3 aliphatic heterocycles. The van der Waals surface area contributed by atoms with Gasteiger partial charge in [-0.05, 0) is 109 Å². The smallest absolute Gasteiger partial charge is 0.306 e. The predicted molar refractivity (Wildman–Crippen MR) is 188 cm³/mol. The van der Waals surface area contributed by atoms with Crippen LogP contribution in [0.2, 0.25) is 0 Å². The summed E-state index contributed by atoms with van der Waals surface area (Å²) in [6.45, 7) is 8.00. The Kier molecular flexibility index (Phi) is 12.6. The fourth-order valence-corrected chi connectivity index (χ4v) is 10.0. The van der Waals surface area contributed by atoms with E-state index in [1.165, 1.54) is 7.11 Å². The van der Waals surface area contributed by atoms with Crippen LogP contribution in [0.15, 0.2) is 23.8 Å². The van der Waals surface area contributed by atoms with Gasteiger partial charge in [-0.2, -0.15) is 0 Å². The van der Waals surface area contributed by atoms with E-state index in [1.807, 2.05) is 13.8 Å². The number of rotatable bonds is 8. The molecule has 51 heavy (non-hydrogen) atoms. The van der Waals surface area contributed by atoms with Crippen LogP contribution < -0.4 is 0 Å². The molecule has 0 aromatic carbocycles. The van der Waals surface area contributed by atoms with Crippen LogP contribution in [-0.4, -0.2) is 112 Å². The Morgan fingerprint density at radius 2 is 1.67 bits per heavy atom. The summed E-state index contributed by atoms with van der Waals surface area (Å²) in [5.74, 6) is -0.594. The number of carbonyl (C=O) groups is 3. The van der Waals surface area contributed by atoms with Crippen molar-refractivity contribution >= 4 is 17.5 Å². The standard InChI is InChI=1S/C40H61NO10/c1-9-25-11-10-12-33(51-35-16-15-32(41(5)6)22(3)47-35)21(2)36(43)31-19-29-27(30(31)20-34(42)49-25)14-13-24-17-26(18-28(24)29)50-40-37(44)39(46-8)38(45-7)23(4)48-40/h13-14,19,21-30,32-33,35,38-40H,9-12,15-18,20H2,1-8H3/t21-,22+,23-,24+,25+,26+,27+,28+,29+,30-,32-,33-,35-,38-,39-,40-/m0/s1. The summed E-state index contributed by atoms with van der Waals surface area (Å²) in [7, 11) is 7.21. The highest BCUT2D eigenvalue weighted by Gasteiger charge is 2.52. The van der Waals surface area contributed by atoms with Gasteiger partial charge < -0.3 is 38.1 Å². The van der Waals surface area contributed by atoms with Crippen LogP contribution in [0.4, 0.5) is 0 Å². The SMILES string of the molecule is CC[C@@H]1CCC[C@H](O[C@H]2CC[C@H](N(C)C)[C@@H](C)O2)[C@H](C)C(=O)C2=C[C@@H]3[C@@H](C=C[C@@H]4C[C@@H](O[C@@H]5O[C@@H](C)[C@H](OC)[C@@H](OC)C5=O)C[C@@H]34)[C@@H]2CC(=O)O1. The van der Waals surface area contributed by atoms with Gasteiger partial charge >= 0.3 is 5.97 Å². The van der Waals surface area contributed by atoms with E-state index in [0.717, 1.165) is 50.5 Å². The monoisotopic (exact) mass is 715 g/mol. The van der Waals surface area contributed by atoms with Crippen molar-refractivity contribution in [3.63, 3.8) is 0 Å². The van der Waals surface area contributed by atoms with Gasteiger partial charge in [-0.15, -0.1) is 0 Å². The van der Waals surface area contributed by atoms with E-state index >= 15 is 0 Å². The van der Waals surface area contributed by atoms with E-state index < -0.39 is 18.5 Å². The van der Waals surface area contributed by atoms with Crippen LogP contribution in [0.3, 0.4) is 0 Å².